The molecule has 0 unspecified atom stereocenters. The van der Waals surface area contributed by atoms with E-state index >= 15 is 0 Å². The first-order valence-corrected chi connectivity index (χ1v) is 4.82. The second-order valence-electron chi connectivity index (χ2n) is 3.65. The zero-order valence-corrected chi connectivity index (χ0v) is 12.6. The SMILES string of the molecule is O=[N+]([O-])c1cccc2ccn(C[B-](F)(F)F)c12.[K+]. The molecule has 9 heteroatoms. The number of aromatic nitrogens is 1. The van der Waals surface area contributed by atoms with Crippen molar-refractivity contribution in [2.24, 2.45) is 0 Å². The predicted octanol–water partition coefficient (Wildman–Crippen LogP) is -0.0599. The van der Waals surface area contributed by atoms with E-state index in [1.165, 1.54) is 24.4 Å². The molecule has 4 nitrogen and oxygen atoms in total. The Morgan fingerprint density at radius 1 is 1.28 bits per heavy atom. The minimum atomic E-state index is -5.03. The van der Waals surface area contributed by atoms with Gasteiger partial charge in [-0.3, -0.25) is 10.1 Å². The van der Waals surface area contributed by atoms with Crippen LogP contribution in [0.5, 0.6) is 0 Å². The molecule has 0 aliphatic rings. The van der Waals surface area contributed by atoms with E-state index in [1.54, 1.807) is 6.07 Å². The van der Waals surface area contributed by atoms with Crippen molar-refractivity contribution in [3.63, 3.8) is 0 Å². The quantitative estimate of drug-likeness (QED) is 0.450. The summed E-state index contributed by atoms with van der Waals surface area (Å²) in [6.45, 7) is -5.03. The Morgan fingerprint density at radius 2 is 1.94 bits per heavy atom. The molecule has 0 bridgehead atoms. The van der Waals surface area contributed by atoms with Gasteiger partial charge in [0, 0.05) is 17.6 Å². The second-order valence-corrected chi connectivity index (χ2v) is 3.65. The number of non-ortho nitro benzene ring substituents is 1. The summed E-state index contributed by atoms with van der Waals surface area (Å²) in [6.07, 6.45) is 0.0429. The number of para-hydroxylation sites is 1. The minimum Gasteiger partial charge on any atom is -0.448 e. The van der Waals surface area contributed by atoms with Gasteiger partial charge < -0.3 is 17.5 Å². The van der Waals surface area contributed by atoms with E-state index in [2.05, 4.69) is 0 Å². The number of fused-ring (bicyclic) bond motifs is 1. The maximum Gasteiger partial charge on any atom is 1.00 e. The molecule has 0 N–H and O–H groups in total. The van der Waals surface area contributed by atoms with E-state index in [-0.39, 0.29) is 62.6 Å². The number of benzene rings is 1. The largest absolute Gasteiger partial charge is 1.00 e. The molecule has 0 aliphatic heterocycles. The number of halogens is 3. The van der Waals surface area contributed by atoms with Crippen LogP contribution in [-0.2, 0) is 6.44 Å². The predicted molar refractivity (Wildman–Crippen MR) is 57.7 cm³/mol. The van der Waals surface area contributed by atoms with Gasteiger partial charge >= 0.3 is 58.4 Å². The molecule has 0 saturated heterocycles. The standard InChI is InChI=1S/C9H7BF3N2O2.K/c11-10(12,13)6-14-5-4-7-2-1-3-8(9(7)14)15(16)17;/h1-5H,6H2;/q-1;+1. The number of nitro groups is 1. The van der Waals surface area contributed by atoms with Gasteiger partial charge in [-0.2, -0.15) is 0 Å². The molecule has 0 amide bonds. The van der Waals surface area contributed by atoms with Crippen molar-refractivity contribution in [1.29, 1.82) is 0 Å². The van der Waals surface area contributed by atoms with E-state index in [0.717, 1.165) is 4.57 Å². The molecule has 90 valence electrons. The fourth-order valence-corrected chi connectivity index (χ4v) is 1.76. The van der Waals surface area contributed by atoms with Crippen molar-refractivity contribution < 1.29 is 69.3 Å². The van der Waals surface area contributed by atoms with Gasteiger partial charge in [-0.15, -0.1) is 0 Å². The Hall–Kier alpha value is -0.349. The number of nitro benzene ring substituents is 1. The Kier molecular flexibility index (Phi) is 5.01. The van der Waals surface area contributed by atoms with Gasteiger partial charge in [0.15, 0.2) is 0 Å². The molecule has 0 atom stereocenters. The first-order valence-electron chi connectivity index (χ1n) is 4.82. The zero-order chi connectivity index (χ0) is 12.6. The molecule has 18 heavy (non-hydrogen) atoms. The molecule has 0 aliphatic carbocycles. The van der Waals surface area contributed by atoms with E-state index < -0.39 is 18.3 Å². The topological polar surface area (TPSA) is 48.1 Å². The Bertz CT molecular complexity index is 585. The van der Waals surface area contributed by atoms with E-state index in [0.29, 0.717) is 5.39 Å². The maximum atomic E-state index is 12.4. The van der Waals surface area contributed by atoms with Crippen LogP contribution in [0, 0.1) is 10.1 Å². The molecule has 0 spiro atoms. The first kappa shape index (κ1) is 15.7. The maximum absolute atomic E-state index is 12.4. The molecule has 0 radical (unpaired) electrons. The van der Waals surface area contributed by atoms with Crippen molar-refractivity contribution in [3.05, 3.63) is 40.6 Å². The van der Waals surface area contributed by atoms with Gasteiger partial charge in [-0.1, -0.05) is 12.1 Å². The minimum absolute atomic E-state index is 0. The normalized spacial score (nSPS) is 11.3. The molecular weight excluding hydrogens is 275 g/mol. The van der Waals surface area contributed by atoms with Crippen LogP contribution in [0.4, 0.5) is 18.6 Å². The van der Waals surface area contributed by atoms with Crippen LogP contribution in [-0.4, -0.2) is 16.5 Å². The summed E-state index contributed by atoms with van der Waals surface area (Å²) in [4.78, 5) is 10.1. The summed E-state index contributed by atoms with van der Waals surface area (Å²) < 4.78 is 37.9. The number of rotatable bonds is 3. The number of hydrogen-bond acceptors (Lipinski definition) is 2. The van der Waals surface area contributed by atoms with E-state index in [9.17, 15) is 23.1 Å². The molecule has 0 saturated carbocycles. The Balaban J connectivity index is 0.00000162. The average Bonchev–Trinajstić information content (AvgIpc) is 2.59. The summed E-state index contributed by atoms with van der Waals surface area (Å²) in [5, 5.41) is 11.2. The van der Waals surface area contributed by atoms with Crippen molar-refractivity contribution in [1.82, 2.24) is 4.57 Å². The molecular formula is C9H7BF3KN2O2. The summed E-state index contributed by atoms with van der Waals surface area (Å²) >= 11 is 0. The summed E-state index contributed by atoms with van der Waals surface area (Å²) in [6, 6.07) is 5.62. The summed E-state index contributed by atoms with van der Waals surface area (Å²) in [7, 11) is 0. The van der Waals surface area contributed by atoms with Gasteiger partial charge in [-0.05, 0) is 12.5 Å². The number of nitrogens with zero attached hydrogens (tertiary/aromatic N) is 2. The third-order valence-corrected chi connectivity index (χ3v) is 2.37. The molecule has 1 heterocycles. The smallest absolute Gasteiger partial charge is 0.448 e. The third-order valence-electron chi connectivity index (χ3n) is 2.37. The van der Waals surface area contributed by atoms with Crippen LogP contribution in [0.15, 0.2) is 30.5 Å². The molecule has 0 fully saturated rings. The summed E-state index contributed by atoms with van der Waals surface area (Å²) in [5.74, 6) is 0. The monoisotopic (exact) mass is 282 g/mol. The second kappa shape index (κ2) is 5.74. The van der Waals surface area contributed by atoms with Crippen LogP contribution < -0.4 is 51.4 Å². The van der Waals surface area contributed by atoms with E-state index in [4.69, 9.17) is 0 Å². The Morgan fingerprint density at radius 3 is 2.50 bits per heavy atom. The van der Waals surface area contributed by atoms with Crippen LogP contribution in [0.25, 0.3) is 10.9 Å². The van der Waals surface area contributed by atoms with Gasteiger partial charge in [0.05, 0.1) is 4.92 Å². The molecule has 2 rings (SSSR count). The van der Waals surface area contributed by atoms with Crippen molar-refractivity contribution >= 4 is 23.6 Å². The van der Waals surface area contributed by atoms with Gasteiger partial charge in [0.25, 0.3) is 5.69 Å². The fourth-order valence-electron chi connectivity index (χ4n) is 1.76. The summed E-state index contributed by atoms with van der Waals surface area (Å²) in [5.41, 5.74) is -0.302. The van der Waals surface area contributed by atoms with Crippen LogP contribution in [0.3, 0.4) is 0 Å². The van der Waals surface area contributed by atoms with Crippen molar-refractivity contribution in [2.75, 3.05) is 0 Å². The molecule has 1 aromatic carbocycles. The van der Waals surface area contributed by atoms with Crippen LogP contribution >= 0.6 is 0 Å². The van der Waals surface area contributed by atoms with Gasteiger partial charge in [0.2, 0.25) is 0 Å². The van der Waals surface area contributed by atoms with Gasteiger partial charge in [-0.25, -0.2) is 0 Å². The third kappa shape index (κ3) is 3.35. The van der Waals surface area contributed by atoms with Crippen LogP contribution in [0.1, 0.15) is 0 Å². The first-order chi connectivity index (χ1) is 7.88. The average molecular weight is 282 g/mol. The zero-order valence-electron chi connectivity index (χ0n) is 9.52. The fraction of sp³-hybridized carbons (Fsp3) is 0.111. The van der Waals surface area contributed by atoms with Crippen molar-refractivity contribution in [2.45, 2.75) is 6.44 Å². The number of hydrogen-bond donors (Lipinski definition) is 0. The molecule has 1 aromatic heterocycles. The van der Waals surface area contributed by atoms with Crippen LogP contribution in [0.2, 0.25) is 0 Å². The van der Waals surface area contributed by atoms with E-state index in [1.807, 2.05) is 0 Å². The molecule has 2 aromatic rings. The Labute approximate surface area is 143 Å². The van der Waals surface area contributed by atoms with Gasteiger partial charge in [0.1, 0.15) is 5.52 Å². The van der Waals surface area contributed by atoms with Crippen molar-refractivity contribution in [3.8, 4) is 0 Å².